The molecule has 0 amide bonds. The number of unbranched alkanes of at least 4 members (excludes halogenated alkanes) is 4. The lowest BCUT2D eigenvalue weighted by molar-refractivity contribution is -0.136. The Bertz CT molecular complexity index is 1430. The highest BCUT2D eigenvalue weighted by Crippen LogP contribution is 2.45. The number of allylic oxidation sites excluding steroid dienone is 1. The van der Waals surface area contributed by atoms with E-state index >= 15 is 0 Å². The molecule has 0 saturated heterocycles. The molecule has 0 aromatic heterocycles. The molecule has 1 unspecified atom stereocenters. The second-order valence-electron chi connectivity index (χ2n) is 9.51. The van der Waals surface area contributed by atoms with Gasteiger partial charge in [-0.25, -0.2) is 9.18 Å². The van der Waals surface area contributed by atoms with Crippen molar-refractivity contribution in [3.8, 4) is 34.8 Å². The Kier molecular flexibility index (Phi) is 10.1. The molecule has 41 heavy (non-hydrogen) atoms. The van der Waals surface area contributed by atoms with Gasteiger partial charge in [0.15, 0.2) is 18.1 Å². The van der Waals surface area contributed by atoms with Gasteiger partial charge in [-0.15, -0.1) is 0 Å². The molecule has 4 rings (SSSR count). The number of carbonyl (C=O) groups is 1. The van der Waals surface area contributed by atoms with Crippen LogP contribution in [0.2, 0.25) is 0 Å². The van der Waals surface area contributed by atoms with E-state index in [1.807, 2.05) is 18.2 Å². The van der Waals surface area contributed by atoms with Gasteiger partial charge in [0.05, 0.1) is 19.6 Å². The standard InChI is InChI=1S/C32H33FN2O6/c1-3-4-5-6-7-16-38-27-15-8-21(17-29(27)37-2)31-25-14-13-24(18-28(25)41-32(35)26(31)19-34)40-30(36)20-39-23-11-9-22(33)10-12-23/h8-15,17-18,31H,3-7,16,20,35H2,1-2H3. The molecule has 3 aromatic carbocycles. The van der Waals surface area contributed by atoms with Crippen molar-refractivity contribution < 1.29 is 32.9 Å². The summed E-state index contributed by atoms with van der Waals surface area (Å²) in [4.78, 5) is 12.3. The summed E-state index contributed by atoms with van der Waals surface area (Å²) in [5, 5.41) is 9.92. The molecule has 2 N–H and O–H groups in total. The number of nitrogens with zero attached hydrogens (tertiary/aromatic N) is 1. The van der Waals surface area contributed by atoms with Crippen molar-refractivity contribution in [2.45, 2.75) is 44.9 Å². The van der Waals surface area contributed by atoms with Crippen LogP contribution in [0.5, 0.6) is 28.7 Å². The number of hydrogen-bond donors (Lipinski definition) is 1. The Hall–Kier alpha value is -4.71. The smallest absolute Gasteiger partial charge is 0.349 e. The molecule has 214 valence electrons. The Labute approximate surface area is 239 Å². The Balaban J connectivity index is 1.49. The van der Waals surface area contributed by atoms with Gasteiger partial charge < -0.3 is 29.4 Å². The molecule has 0 spiro atoms. The van der Waals surface area contributed by atoms with E-state index < -0.39 is 17.7 Å². The van der Waals surface area contributed by atoms with Crippen LogP contribution < -0.4 is 29.4 Å². The van der Waals surface area contributed by atoms with Crippen molar-refractivity contribution in [3.63, 3.8) is 0 Å². The average Bonchev–Trinajstić information content (AvgIpc) is 2.98. The van der Waals surface area contributed by atoms with Gasteiger partial charge in [0.2, 0.25) is 5.88 Å². The zero-order valence-electron chi connectivity index (χ0n) is 23.2. The van der Waals surface area contributed by atoms with Gasteiger partial charge in [-0.2, -0.15) is 5.26 Å². The van der Waals surface area contributed by atoms with Crippen LogP contribution in [0, 0.1) is 17.1 Å². The molecule has 0 fully saturated rings. The van der Waals surface area contributed by atoms with Crippen molar-refractivity contribution in [1.82, 2.24) is 0 Å². The number of hydrogen-bond acceptors (Lipinski definition) is 8. The third kappa shape index (κ3) is 7.48. The predicted molar refractivity (Wildman–Crippen MR) is 151 cm³/mol. The number of methoxy groups -OCH3 is 1. The summed E-state index contributed by atoms with van der Waals surface area (Å²) in [5.41, 5.74) is 7.83. The summed E-state index contributed by atoms with van der Waals surface area (Å²) in [5.74, 6) is 0.426. The minimum Gasteiger partial charge on any atom is -0.493 e. The van der Waals surface area contributed by atoms with Crippen LogP contribution in [-0.2, 0) is 4.79 Å². The summed E-state index contributed by atoms with van der Waals surface area (Å²) < 4.78 is 41.1. The van der Waals surface area contributed by atoms with E-state index in [9.17, 15) is 14.4 Å². The normalized spacial score (nSPS) is 14.0. The van der Waals surface area contributed by atoms with Crippen molar-refractivity contribution in [3.05, 3.63) is 89.1 Å². The van der Waals surface area contributed by atoms with Gasteiger partial charge in [-0.3, -0.25) is 0 Å². The minimum absolute atomic E-state index is 0.0421. The summed E-state index contributed by atoms with van der Waals surface area (Å²) >= 11 is 0. The largest absolute Gasteiger partial charge is 0.493 e. The van der Waals surface area contributed by atoms with E-state index in [0.29, 0.717) is 35.2 Å². The van der Waals surface area contributed by atoms with Crippen molar-refractivity contribution >= 4 is 5.97 Å². The van der Waals surface area contributed by atoms with Crippen LogP contribution in [0.15, 0.2) is 72.1 Å². The molecule has 3 aromatic rings. The number of fused-ring (bicyclic) bond motifs is 1. The van der Waals surface area contributed by atoms with Crippen LogP contribution in [0.4, 0.5) is 4.39 Å². The third-order valence-corrected chi connectivity index (χ3v) is 6.62. The lowest BCUT2D eigenvalue weighted by atomic mass is 9.83. The third-order valence-electron chi connectivity index (χ3n) is 6.62. The van der Waals surface area contributed by atoms with E-state index in [1.165, 1.54) is 49.6 Å². The topological polar surface area (TPSA) is 113 Å². The lowest BCUT2D eigenvalue weighted by Gasteiger charge is -2.27. The molecule has 1 atom stereocenters. The molecule has 0 saturated carbocycles. The average molecular weight is 561 g/mol. The molecule has 0 aliphatic carbocycles. The zero-order chi connectivity index (χ0) is 29.2. The summed E-state index contributed by atoms with van der Waals surface area (Å²) in [6.07, 6.45) is 5.67. The summed E-state index contributed by atoms with van der Waals surface area (Å²) in [7, 11) is 1.57. The number of benzene rings is 3. The van der Waals surface area contributed by atoms with Crippen LogP contribution in [0.3, 0.4) is 0 Å². The van der Waals surface area contributed by atoms with Gasteiger partial charge >= 0.3 is 5.97 Å². The molecular formula is C32H33FN2O6. The van der Waals surface area contributed by atoms with Crippen molar-refractivity contribution in [1.29, 1.82) is 5.26 Å². The highest BCUT2D eigenvalue weighted by molar-refractivity contribution is 5.74. The van der Waals surface area contributed by atoms with Crippen LogP contribution >= 0.6 is 0 Å². The summed E-state index contributed by atoms with van der Waals surface area (Å²) in [6.45, 7) is 2.40. The molecule has 9 heteroatoms. The van der Waals surface area contributed by atoms with E-state index in [4.69, 9.17) is 29.4 Å². The fourth-order valence-corrected chi connectivity index (χ4v) is 4.55. The van der Waals surface area contributed by atoms with Gasteiger partial charge in [-0.1, -0.05) is 44.7 Å². The van der Waals surface area contributed by atoms with E-state index in [-0.39, 0.29) is 23.8 Å². The fraction of sp³-hybridized carbons (Fsp3) is 0.312. The molecule has 0 bridgehead atoms. The van der Waals surface area contributed by atoms with Gasteiger partial charge in [0.25, 0.3) is 0 Å². The fourth-order valence-electron chi connectivity index (χ4n) is 4.55. The van der Waals surface area contributed by atoms with Crippen LogP contribution in [-0.4, -0.2) is 26.3 Å². The second kappa shape index (κ2) is 14.1. The minimum atomic E-state index is -0.659. The number of ether oxygens (including phenoxy) is 5. The second-order valence-corrected chi connectivity index (χ2v) is 9.51. The van der Waals surface area contributed by atoms with Crippen LogP contribution in [0.25, 0.3) is 0 Å². The molecule has 8 nitrogen and oxygen atoms in total. The maximum absolute atomic E-state index is 13.1. The first-order chi connectivity index (χ1) is 19.9. The molecule has 1 aliphatic heterocycles. The van der Waals surface area contributed by atoms with E-state index in [2.05, 4.69) is 13.0 Å². The first-order valence-corrected chi connectivity index (χ1v) is 13.5. The number of nitrogens with two attached hydrogens (primary N) is 1. The first kappa shape index (κ1) is 29.3. The molecule has 1 aliphatic rings. The number of halogens is 1. The Morgan fingerprint density at radius 2 is 1.73 bits per heavy atom. The van der Waals surface area contributed by atoms with Crippen LogP contribution in [0.1, 0.15) is 56.1 Å². The monoisotopic (exact) mass is 560 g/mol. The number of rotatable bonds is 13. The van der Waals surface area contributed by atoms with Crippen molar-refractivity contribution in [2.75, 3.05) is 20.3 Å². The van der Waals surface area contributed by atoms with Crippen molar-refractivity contribution in [2.24, 2.45) is 5.73 Å². The summed E-state index contributed by atoms with van der Waals surface area (Å²) in [6, 6.07) is 17.9. The van der Waals surface area contributed by atoms with E-state index in [1.54, 1.807) is 19.2 Å². The highest BCUT2D eigenvalue weighted by atomic mass is 19.1. The predicted octanol–water partition coefficient (Wildman–Crippen LogP) is 6.39. The Morgan fingerprint density at radius 3 is 2.46 bits per heavy atom. The maximum atomic E-state index is 13.1. The SMILES string of the molecule is CCCCCCCOc1ccc(C2C(C#N)=C(N)Oc3cc(OC(=O)COc4ccc(F)cc4)ccc32)cc1OC. The number of esters is 1. The zero-order valence-corrected chi connectivity index (χ0v) is 23.2. The number of carbonyl (C=O) groups excluding carboxylic acids is 1. The highest BCUT2D eigenvalue weighted by Gasteiger charge is 2.31. The maximum Gasteiger partial charge on any atom is 0.349 e. The quantitative estimate of drug-likeness (QED) is 0.145. The first-order valence-electron chi connectivity index (χ1n) is 13.5. The lowest BCUT2D eigenvalue weighted by Crippen LogP contribution is -2.22. The molecular weight excluding hydrogens is 527 g/mol. The molecule has 0 radical (unpaired) electrons. The van der Waals surface area contributed by atoms with Gasteiger partial charge in [0.1, 0.15) is 34.7 Å². The van der Waals surface area contributed by atoms with Gasteiger partial charge in [0, 0.05) is 11.6 Å². The Morgan fingerprint density at radius 1 is 0.976 bits per heavy atom. The molecule has 1 heterocycles. The van der Waals surface area contributed by atoms with Gasteiger partial charge in [-0.05, 0) is 54.4 Å². The van der Waals surface area contributed by atoms with E-state index in [0.717, 1.165) is 18.4 Å². The number of nitriles is 1.